The summed E-state index contributed by atoms with van der Waals surface area (Å²) in [6, 6.07) is 5.16. The Kier molecular flexibility index (Phi) is 2.33. The third kappa shape index (κ3) is 1.99. The molecule has 0 spiro atoms. The standard InChI is InChI=1S/C9H10O3/c1-6-3-4-8(5-7(6)2)12-9(10)11/h3-5H,1-2H3,(H,10,11). The third-order valence-corrected chi connectivity index (χ3v) is 1.68. The quantitative estimate of drug-likeness (QED) is 0.514. The van der Waals surface area contributed by atoms with Gasteiger partial charge in [0.1, 0.15) is 5.75 Å². The molecular weight excluding hydrogens is 156 g/mol. The third-order valence-electron chi connectivity index (χ3n) is 1.68. The zero-order valence-electron chi connectivity index (χ0n) is 7.00. The van der Waals surface area contributed by atoms with Crippen molar-refractivity contribution in [3.8, 4) is 5.75 Å². The second kappa shape index (κ2) is 3.26. The molecule has 3 heteroatoms. The molecular formula is C9H10O3. The van der Waals surface area contributed by atoms with Gasteiger partial charge in [-0.2, -0.15) is 0 Å². The van der Waals surface area contributed by atoms with Crippen LogP contribution in [-0.2, 0) is 0 Å². The van der Waals surface area contributed by atoms with Gasteiger partial charge in [-0.15, -0.1) is 0 Å². The van der Waals surface area contributed by atoms with Crippen LogP contribution in [-0.4, -0.2) is 11.3 Å². The molecule has 0 radical (unpaired) electrons. The zero-order valence-corrected chi connectivity index (χ0v) is 7.00. The summed E-state index contributed by atoms with van der Waals surface area (Å²) in [6.07, 6.45) is -1.28. The van der Waals surface area contributed by atoms with Crippen molar-refractivity contribution in [2.45, 2.75) is 13.8 Å². The predicted octanol–water partition coefficient (Wildman–Crippen LogP) is 2.36. The predicted molar refractivity (Wildman–Crippen MR) is 44.6 cm³/mol. The second-order valence-corrected chi connectivity index (χ2v) is 2.61. The number of aryl methyl sites for hydroxylation is 2. The molecule has 0 heterocycles. The van der Waals surface area contributed by atoms with Crippen LogP contribution in [0.15, 0.2) is 18.2 Å². The average Bonchev–Trinajstić information content (AvgIpc) is 1.96. The summed E-state index contributed by atoms with van der Waals surface area (Å²) in [5.41, 5.74) is 2.14. The summed E-state index contributed by atoms with van der Waals surface area (Å²) in [7, 11) is 0. The molecule has 12 heavy (non-hydrogen) atoms. The normalized spacial score (nSPS) is 9.50. The van der Waals surface area contributed by atoms with Crippen molar-refractivity contribution in [1.82, 2.24) is 0 Å². The topological polar surface area (TPSA) is 46.5 Å². The fourth-order valence-corrected chi connectivity index (χ4v) is 0.878. The molecule has 0 aliphatic heterocycles. The lowest BCUT2D eigenvalue weighted by Gasteiger charge is -2.02. The Bertz CT molecular complexity index is 305. The Morgan fingerprint density at radius 1 is 1.33 bits per heavy atom. The highest BCUT2D eigenvalue weighted by Gasteiger charge is 2.01. The van der Waals surface area contributed by atoms with E-state index in [9.17, 15) is 4.79 Å². The Labute approximate surface area is 70.6 Å². The van der Waals surface area contributed by atoms with Gasteiger partial charge in [0.25, 0.3) is 0 Å². The van der Waals surface area contributed by atoms with Gasteiger partial charge in [0.05, 0.1) is 0 Å². The van der Waals surface area contributed by atoms with Crippen LogP contribution in [0.25, 0.3) is 0 Å². The van der Waals surface area contributed by atoms with E-state index >= 15 is 0 Å². The number of carbonyl (C=O) groups is 1. The fourth-order valence-electron chi connectivity index (χ4n) is 0.878. The van der Waals surface area contributed by atoms with Gasteiger partial charge in [-0.1, -0.05) is 6.07 Å². The van der Waals surface area contributed by atoms with Crippen LogP contribution in [0.3, 0.4) is 0 Å². The van der Waals surface area contributed by atoms with E-state index in [0.717, 1.165) is 11.1 Å². The molecule has 0 atom stereocenters. The van der Waals surface area contributed by atoms with Crippen molar-refractivity contribution in [2.75, 3.05) is 0 Å². The van der Waals surface area contributed by atoms with Gasteiger partial charge in [-0.25, -0.2) is 4.79 Å². The van der Waals surface area contributed by atoms with E-state index in [-0.39, 0.29) is 0 Å². The van der Waals surface area contributed by atoms with E-state index < -0.39 is 6.16 Å². The number of rotatable bonds is 1. The molecule has 1 aromatic carbocycles. The number of carboxylic acid groups (broad SMARTS) is 1. The molecule has 0 saturated heterocycles. The average molecular weight is 166 g/mol. The van der Waals surface area contributed by atoms with Gasteiger partial charge >= 0.3 is 6.16 Å². The molecule has 1 N–H and O–H groups in total. The number of hydrogen-bond donors (Lipinski definition) is 1. The summed E-state index contributed by atoms with van der Waals surface area (Å²) < 4.78 is 4.47. The Morgan fingerprint density at radius 2 is 2.00 bits per heavy atom. The molecule has 1 aromatic rings. The smallest absolute Gasteiger partial charge is 0.449 e. The maximum absolute atomic E-state index is 10.1. The Balaban J connectivity index is 2.89. The number of ether oxygens (including phenoxy) is 1. The van der Waals surface area contributed by atoms with E-state index in [1.165, 1.54) is 0 Å². The molecule has 3 nitrogen and oxygen atoms in total. The summed E-state index contributed by atoms with van der Waals surface area (Å²) in [4.78, 5) is 10.1. The first-order valence-electron chi connectivity index (χ1n) is 3.57. The molecule has 64 valence electrons. The number of benzene rings is 1. The van der Waals surface area contributed by atoms with Crippen LogP contribution in [0, 0.1) is 13.8 Å². The zero-order chi connectivity index (χ0) is 9.14. The first-order valence-corrected chi connectivity index (χ1v) is 3.57. The molecule has 0 fully saturated rings. The molecule has 0 bridgehead atoms. The van der Waals surface area contributed by atoms with Gasteiger partial charge in [0.2, 0.25) is 0 Å². The molecule has 0 aliphatic carbocycles. The summed E-state index contributed by atoms with van der Waals surface area (Å²) in [5.74, 6) is 0.366. The molecule has 0 aromatic heterocycles. The molecule has 0 unspecified atom stereocenters. The minimum atomic E-state index is -1.28. The van der Waals surface area contributed by atoms with Crippen molar-refractivity contribution in [3.63, 3.8) is 0 Å². The lowest BCUT2D eigenvalue weighted by Crippen LogP contribution is -2.03. The van der Waals surface area contributed by atoms with Gasteiger partial charge in [-0.05, 0) is 37.1 Å². The van der Waals surface area contributed by atoms with Gasteiger partial charge in [-0.3, -0.25) is 0 Å². The molecule has 0 aliphatic rings. The lowest BCUT2D eigenvalue weighted by molar-refractivity contribution is 0.144. The van der Waals surface area contributed by atoms with E-state index in [0.29, 0.717) is 5.75 Å². The van der Waals surface area contributed by atoms with Crippen molar-refractivity contribution >= 4 is 6.16 Å². The minimum Gasteiger partial charge on any atom is -0.449 e. The highest BCUT2D eigenvalue weighted by atomic mass is 16.7. The number of hydrogen-bond acceptors (Lipinski definition) is 2. The highest BCUT2D eigenvalue weighted by molar-refractivity contribution is 5.61. The van der Waals surface area contributed by atoms with Gasteiger partial charge < -0.3 is 9.84 Å². The van der Waals surface area contributed by atoms with E-state index in [2.05, 4.69) is 4.74 Å². The minimum absolute atomic E-state index is 0.366. The van der Waals surface area contributed by atoms with Crippen LogP contribution in [0.2, 0.25) is 0 Å². The van der Waals surface area contributed by atoms with Crippen molar-refractivity contribution in [2.24, 2.45) is 0 Å². The maximum atomic E-state index is 10.1. The van der Waals surface area contributed by atoms with Gasteiger partial charge in [0.15, 0.2) is 0 Å². The largest absolute Gasteiger partial charge is 0.511 e. The van der Waals surface area contributed by atoms with E-state index in [1.807, 2.05) is 19.9 Å². The molecule has 1 rings (SSSR count). The van der Waals surface area contributed by atoms with Crippen molar-refractivity contribution in [3.05, 3.63) is 29.3 Å². The fraction of sp³-hybridized carbons (Fsp3) is 0.222. The Hall–Kier alpha value is -1.51. The van der Waals surface area contributed by atoms with Crippen LogP contribution in [0.1, 0.15) is 11.1 Å². The maximum Gasteiger partial charge on any atom is 0.511 e. The van der Waals surface area contributed by atoms with Crippen molar-refractivity contribution < 1.29 is 14.6 Å². The summed E-state index contributed by atoms with van der Waals surface area (Å²) in [6.45, 7) is 3.87. The second-order valence-electron chi connectivity index (χ2n) is 2.61. The van der Waals surface area contributed by atoms with Crippen LogP contribution >= 0.6 is 0 Å². The van der Waals surface area contributed by atoms with Crippen LogP contribution in [0.5, 0.6) is 5.75 Å². The van der Waals surface area contributed by atoms with Gasteiger partial charge in [0, 0.05) is 0 Å². The molecule has 0 amide bonds. The molecule has 0 saturated carbocycles. The summed E-state index contributed by atoms with van der Waals surface area (Å²) in [5, 5.41) is 8.30. The van der Waals surface area contributed by atoms with Crippen LogP contribution < -0.4 is 4.74 Å². The SMILES string of the molecule is Cc1ccc(OC(=O)O)cc1C. The first-order chi connectivity index (χ1) is 5.59. The van der Waals surface area contributed by atoms with E-state index in [4.69, 9.17) is 5.11 Å². The van der Waals surface area contributed by atoms with Crippen molar-refractivity contribution in [1.29, 1.82) is 0 Å². The lowest BCUT2D eigenvalue weighted by atomic mass is 10.1. The Morgan fingerprint density at radius 3 is 2.50 bits per heavy atom. The first kappa shape index (κ1) is 8.59. The monoisotopic (exact) mass is 166 g/mol. The highest BCUT2D eigenvalue weighted by Crippen LogP contribution is 2.16. The van der Waals surface area contributed by atoms with E-state index in [1.54, 1.807) is 12.1 Å². The summed E-state index contributed by atoms with van der Waals surface area (Å²) >= 11 is 0. The van der Waals surface area contributed by atoms with Crippen LogP contribution in [0.4, 0.5) is 4.79 Å².